The first-order valence-electron chi connectivity index (χ1n) is 13.7. The molecule has 0 unspecified atom stereocenters. The van der Waals surface area contributed by atoms with Gasteiger partial charge >= 0.3 is 6.61 Å². The largest absolute Gasteiger partial charge is 0.435 e. The Labute approximate surface area is 232 Å². The highest BCUT2D eigenvalue weighted by Crippen LogP contribution is 2.46. The van der Waals surface area contributed by atoms with Crippen LogP contribution in [0.4, 0.5) is 8.78 Å². The lowest BCUT2D eigenvalue weighted by Gasteiger charge is -2.33. The van der Waals surface area contributed by atoms with Gasteiger partial charge in [-0.25, -0.2) is 4.98 Å². The predicted octanol–water partition coefficient (Wildman–Crippen LogP) is 5.48. The minimum Gasteiger partial charge on any atom is -0.435 e. The molecule has 41 heavy (non-hydrogen) atoms. The zero-order valence-corrected chi connectivity index (χ0v) is 22.2. The molecule has 1 aliphatic heterocycles. The summed E-state index contributed by atoms with van der Waals surface area (Å²) in [6, 6.07) is 13.6. The SMILES string of the molecule is CN1C(=O)c2c3cc(-c4cn5ccc(C6CC6)nc5c(-c5ccc(OC(F)F)cc5)c4=O)ccc3nn2CC12CC2. The number of hydrogen-bond acceptors (Lipinski definition) is 5. The van der Waals surface area contributed by atoms with Gasteiger partial charge in [-0.15, -0.1) is 0 Å². The minimum absolute atomic E-state index is 0.00925. The number of rotatable bonds is 5. The second kappa shape index (κ2) is 8.45. The van der Waals surface area contributed by atoms with E-state index < -0.39 is 6.61 Å². The Balaban J connectivity index is 1.31. The molecule has 4 heterocycles. The van der Waals surface area contributed by atoms with Crippen molar-refractivity contribution in [3.63, 3.8) is 0 Å². The lowest BCUT2D eigenvalue weighted by atomic mass is 9.98. The average molecular weight is 554 g/mol. The Kier molecular flexibility index (Phi) is 4.99. The van der Waals surface area contributed by atoms with Gasteiger partial charge in [0, 0.05) is 42.0 Å². The maximum atomic E-state index is 14.2. The molecule has 2 aromatic carbocycles. The van der Waals surface area contributed by atoms with Crippen molar-refractivity contribution in [1.29, 1.82) is 0 Å². The van der Waals surface area contributed by atoms with Crippen LogP contribution in [0.15, 0.2) is 65.7 Å². The zero-order chi connectivity index (χ0) is 28.0. The van der Waals surface area contributed by atoms with Gasteiger partial charge in [0.15, 0.2) is 5.43 Å². The Hall–Kier alpha value is -4.60. The molecule has 3 aromatic heterocycles. The van der Waals surface area contributed by atoms with Crippen molar-refractivity contribution in [2.45, 2.75) is 50.3 Å². The zero-order valence-electron chi connectivity index (χ0n) is 22.2. The number of pyridine rings is 1. The highest BCUT2D eigenvalue weighted by molar-refractivity contribution is 6.07. The quantitative estimate of drug-likeness (QED) is 0.288. The van der Waals surface area contributed by atoms with Gasteiger partial charge in [0.05, 0.1) is 23.2 Å². The second-order valence-electron chi connectivity index (χ2n) is 11.3. The Morgan fingerprint density at radius 1 is 1.02 bits per heavy atom. The summed E-state index contributed by atoms with van der Waals surface area (Å²) >= 11 is 0. The van der Waals surface area contributed by atoms with E-state index in [1.165, 1.54) is 12.1 Å². The molecule has 8 rings (SSSR count). The van der Waals surface area contributed by atoms with Crippen LogP contribution < -0.4 is 10.2 Å². The number of nitrogens with zero attached hydrogens (tertiary/aromatic N) is 5. The van der Waals surface area contributed by atoms with Gasteiger partial charge in [-0.1, -0.05) is 18.2 Å². The fraction of sp³-hybridized carbons (Fsp3) is 0.290. The first-order chi connectivity index (χ1) is 19.8. The van der Waals surface area contributed by atoms with Gasteiger partial charge in [0.25, 0.3) is 5.91 Å². The molecule has 0 N–H and O–H groups in total. The van der Waals surface area contributed by atoms with E-state index in [-0.39, 0.29) is 22.6 Å². The van der Waals surface area contributed by atoms with Gasteiger partial charge in [-0.05, 0) is 67.1 Å². The van der Waals surface area contributed by atoms with E-state index in [0.29, 0.717) is 57.0 Å². The molecule has 3 aliphatic rings. The fourth-order valence-corrected chi connectivity index (χ4v) is 6.08. The molecule has 1 amide bonds. The number of aromatic nitrogens is 4. The normalized spacial score (nSPS) is 17.6. The Bertz CT molecular complexity index is 1960. The molecular weight excluding hydrogens is 528 g/mol. The summed E-state index contributed by atoms with van der Waals surface area (Å²) in [4.78, 5) is 34.3. The molecule has 1 spiro atoms. The third kappa shape index (κ3) is 3.77. The van der Waals surface area contributed by atoms with E-state index in [4.69, 9.17) is 10.1 Å². The summed E-state index contributed by atoms with van der Waals surface area (Å²) in [6.45, 7) is -2.28. The molecule has 0 bridgehead atoms. The summed E-state index contributed by atoms with van der Waals surface area (Å²) in [5.74, 6) is 0.327. The van der Waals surface area contributed by atoms with Crippen LogP contribution >= 0.6 is 0 Å². The number of benzene rings is 2. The fourth-order valence-electron chi connectivity index (χ4n) is 6.08. The van der Waals surface area contributed by atoms with Crippen LogP contribution in [-0.2, 0) is 6.54 Å². The summed E-state index contributed by atoms with van der Waals surface area (Å²) in [5.41, 5.74) is 4.30. The Morgan fingerprint density at radius 2 is 1.78 bits per heavy atom. The van der Waals surface area contributed by atoms with E-state index in [9.17, 15) is 18.4 Å². The van der Waals surface area contributed by atoms with Crippen LogP contribution in [0.25, 0.3) is 38.8 Å². The van der Waals surface area contributed by atoms with E-state index in [1.807, 2.05) is 51.5 Å². The van der Waals surface area contributed by atoms with Crippen LogP contribution in [0.2, 0.25) is 0 Å². The molecule has 0 radical (unpaired) electrons. The topological polar surface area (TPSA) is 81.7 Å². The van der Waals surface area contributed by atoms with Crippen molar-refractivity contribution >= 4 is 22.5 Å². The monoisotopic (exact) mass is 553 g/mol. The summed E-state index contributed by atoms with van der Waals surface area (Å²) in [7, 11) is 1.85. The number of carbonyl (C=O) groups is 1. The number of hydrogen-bond donors (Lipinski definition) is 0. The number of fused-ring (bicyclic) bond motifs is 4. The van der Waals surface area contributed by atoms with Gasteiger partial charge in [0.1, 0.15) is 17.1 Å². The summed E-state index contributed by atoms with van der Waals surface area (Å²) in [5, 5.41) is 5.42. The first kappa shape index (κ1) is 24.2. The first-order valence-corrected chi connectivity index (χ1v) is 13.7. The molecule has 8 nitrogen and oxygen atoms in total. The summed E-state index contributed by atoms with van der Waals surface area (Å²) in [6.07, 6.45) is 7.74. The number of carbonyl (C=O) groups excluding carboxylic acids is 1. The van der Waals surface area contributed by atoms with Crippen LogP contribution in [0.3, 0.4) is 0 Å². The van der Waals surface area contributed by atoms with E-state index in [0.717, 1.165) is 31.4 Å². The van der Waals surface area contributed by atoms with Crippen molar-refractivity contribution in [2.75, 3.05) is 7.05 Å². The van der Waals surface area contributed by atoms with E-state index in [1.54, 1.807) is 18.3 Å². The second-order valence-corrected chi connectivity index (χ2v) is 11.3. The highest BCUT2D eigenvalue weighted by Gasteiger charge is 2.53. The van der Waals surface area contributed by atoms with Crippen LogP contribution in [0.1, 0.15) is 47.8 Å². The molecule has 5 aromatic rings. The minimum atomic E-state index is -2.94. The van der Waals surface area contributed by atoms with Crippen molar-refractivity contribution in [2.24, 2.45) is 0 Å². The number of amides is 1. The van der Waals surface area contributed by atoms with Gasteiger partial charge in [-0.2, -0.15) is 13.9 Å². The molecule has 2 aliphatic carbocycles. The smallest absolute Gasteiger partial charge is 0.387 e. The average Bonchev–Trinajstić information content (AvgIpc) is 3.89. The number of alkyl halides is 2. The van der Waals surface area contributed by atoms with Gasteiger partial charge in [-0.3, -0.25) is 14.3 Å². The molecule has 206 valence electrons. The van der Waals surface area contributed by atoms with Gasteiger partial charge in [0.2, 0.25) is 0 Å². The Morgan fingerprint density at radius 3 is 2.49 bits per heavy atom. The summed E-state index contributed by atoms with van der Waals surface area (Å²) < 4.78 is 33.7. The maximum Gasteiger partial charge on any atom is 0.387 e. The predicted molar refractivity (Wildman–Crippen MR) is 148 cm³/mol. The van der Waals surface area contributed by atoms with Crippen molar-refractivity contribution < 1.29 is 18.3 Å². The standard InChI is InChI=1S/C31H25F2N5O3/c1-36-29(40)26-21-14-19(6-9-24(21)35-38(26)16-31(36)11-12-31)22-15-37-13-10-23(17-2-3-17)34-28(37)25(27(22)39)18-4-7-20(8-5-18)41-30(32)33/h4-10,13-15,17,30H,2-3,11-12,16H2,1H3. The number of ether oxygens (including phenoxy) is 1. The van der Waals surface area contributed by atoms with Crippen molar-refractivity contribution in [3.8, 4) is 28.0 Å². The third-order valence-electron chi connectivity index (χ3n) is 8.75. The van der Waals surface area contributed by atoms with Crippen LogP contribution in [-0.4, -0.2) is 49.2 Å². The van der Waals surface area contributed by atoms with Crippen molar-refractivity contribution in [1.82, 2.24) is 24.1 Å². The van der Waals surface area contributed by atoms with E-state index in [2.05, 4.69) is 4.74 Å². The molecule has 0 saturated heterocycles. The van der Waals surface area contributed by atoms with Crippen LogP contribution in [0.5, 0.6) is 5.75 Å². The molecule has 10 heteroatoms. The van der Waals surface area contributed by atoms with Crippen molar-refractivity contribution in [3.05, 3.63) is 82.5 Å². The van der Waals surface area contributed by atoms with Crippen LogP contribution in [0, 0.1) is 0 Å². The molecular formula is C31H25F2N5O3. The molecule has 2 fully saturated rings. The van der Waals surface area contributed by atoms with E-state index >= 15 is 0 Å². The lowest BCUT2D eigenvalue weighted by molar-refractivity contribution is -0.0498. The number of likely N-dealkylation sites (N-methyl/N-ethyl adjacent to an activating group) is 1. The lowest BCUT2D eigenvalue weighted by Crippen LogP contribution is -2.47. The number of halogens is 2. The third-order valence-corrected chi connectivity index (χ3v) is 8.75. The maximum absolute atomic E-state index is 14.2. The molecule has 0 atom stereocenters. The highest BCUT2D eigenvalue weighted by atomic mass is 19.3. The van der Waals surface area contributed by atoms with Gasteiger partial charge < -0.3 is 14.0 Å². The molecule has 2 saturated carbocycles.